The highest BCUT2D eigenvalue weighted by atomic mass is 79.9. The number of carbonyl (C=O) groups is 2. The van der Waals surface area contributed by atoms with E-state index in [-0.39, 0.29) is 5.92 Å². The zero-order valence-electron chi connectivity index (χ0n) is 8.49. The summed E-state index contributed by atoms with van der Waals surface area (Å²) >= 11 is 3.02. The third-order valence-electron chi connectivity index (χ3n) is 1.97. The highest BCUT2D eigenvalue weighted by Crippen LogP contribution is 2.14. The molecule has 0 rings (SSSR count). The topological polar surface area (TPSA) is 63.6 Å². The Morgan fingerprint density at radius 1 is 1.43 bits per heavy atom. The molecule has 5 heteroatoms. The number of carbonyl (C=O) groups excluding carboxylic acids is 1. The first-order valence-electron chi connectivity index (χ1n) is 4.47. The van der Waals surface area contributed by atoms with Crippen LogP contribution in [0, 0.1) is 5.92 Å². The molecular formula is C9H15BrO4. The lowest BCUT2D eigenvalue weighted by Gasteiger charge is -2.19. The zero-order chi connectivity index (χ0) is 11.3. The van der Waals surface area contributed by atoms with Crippen LogP contribution < -0.4 is 0 Å². The molecule has 1 N–H and O–H groups in total. The van der Waals surface area contributed by atoms with Gasteiger partial charge in [0, 0.05) is 5.92 Å². The van der Waals surface area contributed by atoms with Gasteiger partial charge in [-0.1, -0.05) is 29.8 Å². The maximum Gasteiger partial charge on any atom is 0.345 e. The molecule has 0 aromatic rings. The maximum absolute atomic E-state index is 11.1. The highest BCUT2D eigenvalue weighted by molar-refractivity contribution is 9.10. The lowest BCUT2D eigenvalue weighted by molar-refractivity contribution is -0.166. The standard InChI is InChI=1S/C9H15BrO4/c1-4-5(2)7(8(11)12)14-9(13)6(3)10/h5-7H,4H2,1-3H3,(H,11,12). The first kappa shape index (κ1) is 13.4. The Balaban J connectivity index is 4.38. The summed E-state index contributed by atoms with van der Waals surface area (Å²) in [4.78, 5) is 21.4. The first-order chi connectivity index (χ1) is 6.40. The number of alkyl halides is 1. The van der Waals surface area contributed by atoms with Gasteiger partial charge in [-0.2, -0.15) is 0 Å². The normalized spacial score (nSPS) is 16.9. The molecule has 0 aliphatic rings. The summed E-state index contributed by atoms with van der Waals surface area (Å²) in [7, 11) is 0. The van der Waals surface area contributed by atoms with E-state index in [2.05, 4.69) is 15.9 Å². The van der Waals surface area contributed by atoms with Crippen molar-refractivity contribution in [3.8, 4) is 0 Å². The molecule has 0 radical (unpaired) electrons. The van der Waals surface area contributed by atoms with Gasteiger partial charge in [-0.25, -0.2) is 4.79 Å². The molecule has 0 saturated carbocycles. The van der Waals surface area contributed by atoms with Gasteiger partial charge in [0.2, 0.25) is 6.10 Å². The fraction of sp³-hybridized carbons (Fsp3) is 0.778. The van der Waals surface area contributed by atoms with E-state index < -0.39 is 22.9 Å². The summed E-state index contributed by atoms with van der Waals surface area (Å²) < 4.78 is 4.84. The van der Waals surface area contributed by atoms with E-state index in [0.29, 0.717) is 6.42 Å². The van der Waals surface area contributed by atoms with E-state index >= 15 is 0 Å². The number of halogens is 1. The lowest BCUT2D eigenvalue weighted by Crippen LogP contribution is -2.34. The van der Waals surface area contributed by atoms with Crippen molar-refractivity contribution in [2.24, 2.45) is 5.92 Å². The van der Waals surface area contributed by atoms with Crippen LogP contribution in [0.1, 0.15) is 27.2 Å². The summed E-state index contributed by atoms with van der Waals surface area (Å²) in [5.41, 5.74) is 0. The predicted octanol–water partition coefficient (Wildman–Crippen LogP) is 1.81. The molecular weight excluding hydrogens is 252 g/mol. The van der Waals surface area contributed by atoms with Gasteiger partial charge in [0.05, 0.1) is 0 Å². The van der Waals surface area contributed by atoms with Crippen LogP contribution in [0.3, 0.4) is 0 Å². The van der Waals surface area contributed by atoms with E-state index in [1.54, 1.807) is 13.8 Å². The summed E-state index contributed by atoms with van der Waals surface area (Å²) in [5.74, 6) is -1.82. The SMILES string of the molecule is CCC(C)C(OC(=O)C(C)Br)C(=O)O. The van der Waals surface area contributed by atoms with Crippen LogP contribution >= 0.6 is 15.9 Å². The van der Waals surface area contributed by atoms with Crippen LogP contribution in [0.25, 0.3) is 0 Å². The second kappa shape index (κ2) is 6.01. The van der Waals surface area contributed by atoms with Crippen molar-refractivity contribution >= 4 is 27.9 Å². The monoisotopic (exact) mass is 266 g/mol. The van der Waals surface area contributed by atoms with Crippen molar-refractivity contribution in [1.82, 2.24) is 0 Å². The number of hydrogen-bond acceptors (Lipinski definition) is 3. The highest BCUT2D eigenvalue weighted by Gasteiger charge is 2.28. The quantitative estimate of drug-likeness (QED) is 0.609. The number of carboxylic acid groups (broad SMARTS) is 1. The largest absolute Gasteiger partial charge is 0.478 e. The van der Waals surface area contributed by atoms with E-state index in [1.807, 2.05) is 6.92 Å². The van der Waals surface area contributed by atoms with Crippen LogP contribution in [-0.2, 0) is 14.3 Å². The predicted molar refractivity (Wildman–Crippen MR) is 55.4 cm³/mol. The summed E-state index contributed by atoms with van der Waals surface area (Å²) in [5, 5.41) is 8.81. The van der Waals surface area contributed by atoms with Crippen molar-refractivity contribution in [3.63, 3.8) is 0 Å². The zero-order valence-corrected chi connectivity index (χ0v) is 10.1. The number of carboxylic acids is 1. The number of esters is 1. The lowest BCUT2D eigenvalue weighted by atomic mass is 10.0. The number of ether oxygens (including phenoxy) is 1. The minimum atomic E-state index is -1.10. The molecule has 0 fully saturated rings. The van der Waals surface area contributed by atoms with Crippen molar-refractivity contribution in [2.75, 3.05) is 0 Å². The summed E-state index contributed by atoms with van der Waals surface area (Å²) in [6.45, 7) is 5.19. The molecule has 3 atom stereocenters. The third-order valence-corrected chi connectivity index (χ3v) is 2.35. The van der Waals surface area contributed by atoms with E-state index in [4.69, 9.17) is 9.84 Å². The van der Waals surface area contributed by atoms with Gasteiger partial charge in [-0.3, -0.25) is 4.79 Å². The van der Waals surface area contributed by atoms with Crippen molar-refractivity contribution < 1.29 is 19.4 Å². The summed E-state index contributed by atoms with van der Waals surface area (Å²) in [6, 6.07) is 0. The molecule has 0 bridgehead atoms. The average molecular weight is 267 g/mol. The fourth-order valence-electron chi connectivity index (χ4n) is 0.843. The van der Waals surface area contributed by atoms with Crippen molar-refractivity contribution in [1.29, 1.82) is 0 Å². The Hall–Kier alpha value is -0.580. The molecule has 0 heterocycles. The Labute approximate surface area is 91.8 Å². The van der Waals surface area contributed by atoms with Gasteiger partial charge in [0.1, 0.15) is 4.83 Å². The Bertz CT molecular complexity index is 215. The average Bonchev–Trinajstić information content (AvgIpc) is 2.11. The van der Waals surface area contributed by atoms with Gasteiger partial charge in [-0.15, -0.1) is 0 Å². The first-order valence-corrected chi connectivity index (χ1v) is 5.39. The minimum Gasteiger partial charge on any atom is -0.478 e. The fourth-order valence-corrected chi connectivity index (χ4v) is 0.951. The minimum absolute atomic E-state index is 0.178. The van der Waals surface area contributed by atoms with E-state index in [1.165, 1.54) is 0 Å². The maximum atomic E-state index is 11.1. The van der Waals surface area contributed by atoms with Gasteiger partial charge < -0.3 is 9.84 Å². The molecule has 3 unspecified atom stereocenters. The van der Waals surface area contributed by atoms with Crippen LogP contribution in [0.2, 0.25) is 0 Å². The Kier molecular flexibility index (Phi) is 5.76. The second-order valence-corrected chi connectivity index (χ2v) is 4.57. The number of hydrogen-bond donors (Lipinski definition) is 1. The van der Waals surface area contributed by atoms with Gasteiger partial charge in [0.15, 0.2) is 0 Å². The Morgan fingerprint density at radius 2 is 1.93 bits per heavy atom. The molecule has 0 saturated heterocycles. The second-order valence-electron chi connectivity index (χ2n) is 3.20. The molecule has 82 valence electrons. The van der Waals surface area contributed by atoms with Gasteiger partial charge in [0.25, 0.3) is 0 Å². The molecule has 0 amide bonds. The molecule has 0 aromatic heterocycles. The molecule has 4 nitrogen and oxygen atoms in total. The van der Waals surface area contributed by atoms with Crippen LogP contribution in [0.5, 0.6) is 0 Å². The molecule has 0 spiro atoms. The molecule has 0 aromatic carbocycles. The van der Waals surface area contributed by atoms with Crippen LogP contribution in [0.4, 0.5) is 0 Å². The molecule has 0 aliphatic heterocycles. The number of rotatable bonds is 5. The molecule has 14 heavy (non-hydrogen) atoms. The van der Waals surface area contributed by atoms with Crippen molar-refractivity contribution in [2.45, 2.75) is 38.1 Å². The number of aliphatic carboxylic acids is 1. The third kappa shape index (κ3) is 4.09. The van der Waals surface area contributed by atoms with Gasteiger partial charge in [-0.05, 0) is 13.3 Å². The van der Waals surface area contributed by atoms with Gasteiger partial charge >= 0.3 is 11.9 Å². The van der Waals surface area contributed by atoms with Crippen LogP contribution in [0.15, 0.2) is 0 Å². The van der Waals surface area contributed by atoms with Crippen molar-refractivity contribution in [3.05, 3.63) is 0 Å². The Morgan fingerprint density at radius 3 is 2.21 bits per heavy atom. The molecule has 0 aliphatic carbocycles. The van der Waals surface area contributed by atoms with E-state index in [9.17, 15) is 9.59 Å². The van der Waals surface area contributed by atoms with Crippen LogP contribution in [-0.4, -0.2) is 28.0 Å². The summed E-state index contributed by atoms with van der Waals surface area (Å²) in [6.07, 6.45) is -0.395. The smallest absolute Gasteiger partial charge is 0.345 e. The van der Waals surface area contributed by atoms with E-state index in [0.717, 1.165) is 0 Å².